The molecule has 3 nitrogen and oxygen atoms in total. The molecule has 1 heterocycles. The van der Waals surface area contributed by atoms with Crippen LogP contribution in [0.15, 0.2) is 47.4 Å². The normalized spacial score (nSPS) is 17.4. The van der Waals surface area contributed by atoms with Gasteiger partial charge in [0.15, 0.2) is 4.32 Å². The van der Waals surface area contributed by atoms with E-state index in [2.05, 4.69) is 0 Å². The van der Waals surface area contributed by atoms with Crippen molar-refractivity contribution in [3.8, 4) is 0 Å². The molecule has 1 saturated heterocycles. The Morgan fingerprint density at radius 1 is 1.35 bits per heavy atom. The lowest BCUT2D eigenvalue weighted by Gasteiger charge is -2.09. The van der Waals surface area contributed by atoms with Gasteiger partial charge >= 0.3 is 0 Å². The molecule has 1 aromatic rings. The number of nitrogens with zero attached hydrogens (tertiary/aromatic N) is 1. The zero-order valence-corrected chi connectivity index (χ0v) is 12.5. The van der Waals surface area contributed by atoms with E-state index in [1.54, 1.807) is 19.1 Å². The van der Waals surface area contributed by atoms with E-state index in [-0.39, 0.29) is 18.2 Å². The Morgan fingerprint density at radius 2 is 2.05 bits per heavy atom. The van der Waals surface area contributed by atoms with Crippen LogP contribution in [0.2, 0.25) is 0 Å². The maximum absolute atomic E-state index is 12.1. The van der Waals surface area contributed by atoms with E-state index in [1.165, 1.54) is 0 Å². The monoisotopic (exact) mass is 303 g/mol. The third-order valence-corrected chi connectivity index (χ3v) is 4.00. The van der Waals surface area contributed by atoms with Crippen molar-refractivity contribution in [2.45, 2.75) is 13.3 Å². The van der Waals surface area contributed by atoms with Crippen LogP contribution >= 0.6 is 24.0 Å². The van der Waals surface area contributed by atoms with E-state index in [1.807, 2.05) is 36.4 Å². The third-order valence-electron chi connectivity index (χ3n) is 2.68. The Kier molecular flexibility index (Phi) is 4.87. The van der Waals surface area contributed by atoms with E-state index >= 15 is 0 Å². The Hall–Kier alpha value is -1.72. The van der Waals surface area contributed by atoms with E-state index in [4.69, 9.17) is 12.2 Å². The van der Waals surface area contributed by atoms with Gasteiger partial charge in [0, 0.05) is 6.42 Å². The van der Waals surface area contributed by atoms with Gasteiger partial charge in [-0.2, -0.15) is 0 Å². The number of hydrogen-bond acceptors (Lipinski definition) is 4. The summed E-state index contributed by atoms with van der Waals surface area (Å²) in [4.78, 5) is 25.2. The molecule has 0 aliphatic carbocycles. The van der Waals surface area contributed by atoms with Gasteiger partial charge < -0.3 is 0 Å². The molecule has 0 radical (unpaired) electrons. The summed E-state index contributed by atoms with van der Waals surface area (Å²) in [5.41, 5.74) is 1.05. The zero-order valence-electron chi connectivity index (χ0n) is 10.9. The molecule has 102 valence electrons. The molecule has 0 bridgehead atoms. The third kappa shape index (κ3) is 3.23. The predicted octanol–water partition coefficient (Wildman–Crippen LogP) is 3.38. The quantitative estimate of drug-likeness (QED) is 0.634. The highest BCUT2D eigenvalue weighted by Gasteiger charge is 2.35. The van der Waals surface area contributed by atoms with Gasteiger partial charge in [-0.05, 0) is 11.6 Å². The highest BCUT2D eigenvalue weighted by Crippen LogP contribution is 2.31. The maximum atomic E-state index is 12.1. The number of thioether (sulfide) groups is 1. The fourth-order valence-corrected chi connectivity index (χ4v) is 2.91. The molecular formula is C15H13NO2S2. The standard InChI is InChI=1S/C15H13NO2S2/c1-2-13(17)16-14(18)12(20-15(16)19)10-6-9-11-7-4-3-5-8-11/h3-10H,2H2,1H3/b9-6+,12-10-. The highest BCUT2D eigenvalue weighted by atomic mass is 32.2. The molecule has 5 heteroatoms. The molecule has 1 aliphatic rings. The number of thiocarbonyl (C=S) groups is 1. The van der Waals surface area contributed by atoms with E-state index in [9.17, 15) is 9.59 Å². The summed E-state index contributed by atoms with van der Waals surface area (Å²) in [6.07, 6.45) is 5.64. The molecule has 0 atom stereocenters. The van der Waals surface area contributed by atoms with Crippen molar-refractivity contribution in [1.82, 2.24) is 4.90 Å². The average Bonchev–Trinajstić information content (AvgIpc) is 2.74. The lowest BCUT2D eigenvalue weighted by atomic mass is 10.2. The second-order valence-electron chi connectivity index (χ2n) is 4.06. The second kappa shape index (κ2) is 6.63. The molecule has 1 aromatic carbocycles. The minimum atomic E-state index is -0.329. The number of benzene rings is 1. The van der Waals surface area contributed by atoms with Crippen LogP contribution in [-0.2, 0) is 9.59 Å². The molecule has 1 fully saturated rings. The van der Waals surface area contributed by atoms with Crippen LogP contribution in [0.1, 0.15) is 18.9 Å². The number of carbonyl (C=O) groups is 2. The van der Waals surface area contributed by atoms with Crippen molar-refractivity contribution in [3.63, 3.8) is 0 Å². The minimum absolute atomic E-state index is 0.261. The molecule has 20 heavy (non-hydrogen) atoms. The van der Waals surface area contributed by atoms with Gasteiger partial charge in [0.1, 0.15) is 0 Å². The minimum Gasteiger partial charge on any atom is -0.274 e. The van der Waals surface area contributed by atoms with E-state index < -0.39 is 0 Å². The summed E-state index contributed by atoms with van der Waals surface area (Å²) in [6, 6.07) is 9.77. The molecule has 0 N–H and O–H groups in total. The van der Waals surface area contributed by atoms with Gasteiger partial charge in [-0.25, -0.2) is 4.90 Å². The summed E-state index contributed by atoms with van der Waals surface area (Å²) < 4.78 is 0.307. The van der Waals surface area contributed by atoms with Crippen LogP contribution in [-0.4, -0.2) is 21.0 Å². The lowest BCUT2D eigenvalue weighted by molar-refractivity contribution is -0.136. The van der Waals surface area contributed by atoms with Crippen molar-refractivity contribution in [2.24, 2.45) is 0 Å². The molecule has 1 aliphatic heterocycles. The Morgan fingerprint density at radius 3 is 2.70 bits per heavy atom. The van der Waals surface area contributed by atoms with Crippen LogP contribution in [0, 0.1) is 0 Å². The Balaban J connectivity index is 2.13. The Labute approximate surface area is 127 Å². The SMILES string of the molecule is CCC(=O)N1C(=O)/C(=C/C=C/c2ccccc2)SC1=S. The number of amides is 2. The van der Waals surface area contributed by atoms with Crippen molar-refractivity contribution in [2.75, 3.05) is 0 Å². The zero-order chi connectivity index (χ0) is 14.5. The first-order valence-corrected chi connectivity index (χ1v) is 7.38. The first-order valence-electron chi connectivity index (χ1n) is 6.16. The van der Waals surface area contributed by atoms with Gasteiger partial charge in [-0.3, -0.25) is 9.59 Å². The summed E-state index contributed by atoms with van der Waals surface area (Å²) in [7, 11) is 0. The van der Waals surface area contributed by atoms with Gasteiger partial charge in [0.25, 0.3) is 5.91 Å². The summed E-state index contributed by atoms with van der Waals surface area (Å²) in [5, 5.41) is 0. The number of imide groups is 1. The van der Waals surface area contributed by atoms with E-state index in [0.717, 1.165) is 22.2 Å². The van der Waals surface area contributed by atoms with Crippen LogP contribution in [0.25, 0.3) is 6.08 Å². The number of rotatable bonds is 3. The molecule has 0 aromatic heterocycles. The molecule has 0 unspecified atom stereocenters. The lowest BCUT2D eigenvalue weighted by Crippen LogP contribution is -2.33. The van der Waals surface area contributed by atoms with Crippen molar-refractivity contribution in [1.29, 1.82) is 0 Å². The number of hydrogen-bond donors (Lipinski definition) is 0. The molecular weight excluding hydrogens is 290 g/mol. The fourth-order valence-electron chi connectivity index (χ4n) is 1.67. The number of allylic oxidation sites excluding steroid dienone is 2. The summed E-state index contributed by atoms with van der Waals surface area (Å²) in [6.45, 7) is 1.71. The van der Waals surface area contributed by atoms with Crippen molar-refractivity contribution < 1.29 is 9.59 Å². The molecule has 2 amide bonds. The molecule has 0 spiro atoms. The Bertz CT molecular complexity index is 606. The first kappa shape index (κ1) is 14.7. The van der Waals surface area contributed by atoms with Crippen LogP contribution in [0.5, 0.6) is 0 Å². The van der Waals surface area contributed by atoms with Gasteiger partial charge in [0.05, 0.1) is 4.91 Å². The summed E-state index contributed by atoms with van der Waals surface area (Å²) in [5.74, 6) is -0.590. The van der Waals surface area contributed by atoms with Crippen LogP contribution < -0.4 is 0 Å². The topological polar surface area (TPSA) is 37.4 Å². The molecule has 2 rings (SSSR count). The molecule has 0 saturated carbocycles. The van der Waals surface area contributed by atoms with Crippen molar-refractivity contribution in [3.05, 3.63) is 53.0 Å². The fraction of sp³-hybridized carbons (Fsp3) is 0.133. The summed E-state index contributed by atoms with van der Waals surface area (Å²) >= 11 is 6.22. The highest BCUT2D eigenvalue weighted by molar-refractivity contribution is 8.26. The first-order chi connectivity index (χ1) is 9.63. The van der Waals surface area contributed by atoms with Gasteiger partial charge in [-0.1, -0.05) is 73.4 Å². The average molecular weight is 303 g/mol. The van der Waals surface area contributed by atoms with Gasteiger partial charge in [-0.15, -0.1) is 0 Å². The van der Waals surface area contributed by atoms with Crippen LogP contribution in [0.4, 0.5) is 0 Å². The van der Waals surface area contributed by atoms with E-state index in [0.29, 0.717) is 9.23 Å². The smallest absolute Gasteiger partial charge is 0.273 e. The van der Waals surface area contributed by atoms with Crippen molar-refractivity contribution >= 4 is 46.2 Å². The predicted molar refractivity (Wildman–Crippen MR) is 85.9 cm³/mol. The van der Waals surface area contributed by atoms with Crippen LogP contribution in [0.3, 0.4) is 0 Å². The van der Waals surface area contributed by atoms with Gasteiger partial charge in [0.2, 0.25) is 5.91 Å². The largest absolute Gasteiger partial charge is 0.274 e. The number of carbonyl (C=O) groups excluding carboxylic acids is 2. The second-order valence-corrected chi connectivity index (χ2v) is 5.73. The maximum Gasteiger partial charge on any atom is 0.273 e.